The van der Waals surface area contributed by atoms with Gasteiger partial charge in [-0.25, -0.2) is 4.98 Å². The normalized spacial score (nSPS) is 19.6. The van der Waals surface area contributed by atoms with Gasteiger partial charge in [-0.2, -0.15) is 0 Å². The van der Waals surface area contributed by atoms with E-state index in [9.17, 15) is 9.59 Å². The van der Waals surface area contributed by atoms with Crippen molar-refractivity contribution >= 4 is 22.8 Å². The summed E-state index contributed by atoms with van der Waals surface area (Å²) in [6, 6.07) is 11.7. The lowest BCUT2D eigenvalue weighted by Gasteiger charge is -2.30. The Morgan fingerprint density at radius 3 is 2.81 bits per heavy atom. The van der Waals surface area contributed by atoms with Gasteiger partial charge in [0.25, 0.3) is 0 Å². The third-order valence-corrected chi connectivity index (χ3v) is 6.92. The maximum atomic E-state index is 13.2. The number of pyridine rings is 1. The number of hydrogen-bond acceptors (Lipinski definition) is 6. The van der Waals surface area contributed by atoms with Crippen LogP contribution in [0.4, 0.5) is 0 Å². The first-order chi connectivity index (χ1) is 17.6. The molecule has 0 saturated carbocycles. The van der Waals surface area contributed by atoms with E-state index in [2.05, 4.69) is 15.0 Å². The summed E-state index contributed by atoms with van der Waals surface area (Å²) >= 11 is 0. The number of hydrogen-bond donors (Lipinski definition) is 1. The van der Waals surface area contributed by atoms with Crippen molar-refractivity contribution in [2.45, 2.75) is 38.4 Å². The van der Waals surface area contributed by atoms with Crippen LogP contribution < -0.4 is 0 Å². The number of amides is 2. The molecule has 0 radical (unpaired) electrons. The van der Waals surface area contributed by atoms with Crippen LogP contribution in [-0.4, -0.2) is 82.1 Å². The van der Waals surface area contributed by atoms with Crippen molar-refractivity contribution in [3.05, 3.63) is 60.2 Å². The van der Waals surface area contributed by atoms with Gasteiger partial charge >= 0.3 is 0 Å². The van der Waals surface area contributed by atoms with Crippen LogP contribution in [0, 0.1) is 5.92 Å². The topological polar surface area (TPSA) is 101 Å². The van der Waals surface area contributed by atoms with Crippen molar-refractivity contribution < 1.29 is 19.1 Å². The number of nitrogens with one attached hydrogen (secondary N) is 1. The molecule has 0 unspecified atom stereocenters. The number of aromatic nitrogens is 3. The first-order valence-corrected chi connectivity index (χ1v) is 12.7. The molecule has 4 heterocycles. The Morgan fingerprint density at radius 2 is 2.00 bits per heavy atom. The predicted molar refractivity (Wildman–Crippen MR) is 134 cm³/mol. The SMILES string of the molecule is O=C(CCc1nc2ccccc2[nH]1)N1CC(=O)N(CC2CCOCC2)C[C@H](OCc2cccnc2)C1. The van der Waals surface area contributed by atoms with E-state index in [1.54, 1.807) is 17.3 Å². The van der Waals surface area contributed by atoms with Crippen LogP contribution in [0.15, 0.2) is 48.8 Å². The number of aromatic amines is 1. The van der Waals surface area contributed by atoms with E-state index in [0.29, 0.717) is 38.6 Å². The zero-order valence-corrected chi connectivity index (χ0v) is 20.5. The fourth-order valence-electron chi connectivity index (χ4n) is 4.90. The first kappa shape index (κ1) is 24.4. The Balaban J connectivity index is 1.25. The number of aryl methyl sites for hydroxylation is 1. The van der Waals surface area contributed by atoms with E-state index in [0.717, 1.165) is 48.5 Å². The smallest absolute Gasteiger partial charge is 0.242 e. The molecular formula is C27H33N5O4. The van der Waals surface area contributed by atoms with Crippen molar-refractivity contribution in [2.24, 2.45) is 5.92 Å². The minimum Gasteiger partial charge on any atom is -0.381 e. The number of ether oxygens (including phenoxy) is 2. The van der Waals surface area contributed by atoms with Crippen LogP contribution in [0.5, 0.6) is 0 Å². The summed E-state index contributed by atoms with van der Waals surface area (Å²) in [5.74, 6) is 1.10. The lowest BCUT2D eigenvalue weighted by atomic mass is 9.99. The summed E-state index contributed by atoms with van der Waals surface area (Å²) in [6.45, 7) is 3.48. The molecule has 2 saturated heterocycles. The molecule has 2 aliphatic rings. The molecule has 2 amide bonds. The number of benzene rings is 1. The molecule has 2 aliphatic heterocycles. The fraction of sp³-hybridized carbons (Fsp3) is 0.481. The lowest BCUT2D eigenvalue weighted by Crippen LogP contribution is -2.42. The minimum absolute atomic E-state index is 0.0222. The van der Waals surface area contributed by atoms with Gasteiger partial charge in [0, 0.05) is 58.1 Å². The maximum Gasteiger partial charge on any atom is 0.242 e. The molecular weight excluding hydrogens is 458 g/mol. The van der Waals surface area contributed by atoms with E-state index in [1.807, 2.05) is 41.3 Å². The van der Waals surface area contributed by atoms with Crippen molar-refractivity contribution in [1.29, 1.82) is 0 Å². The molecule has 0 spiro atoms. The Kier molecular flexibility index (Phi) is 7.88. The van der Waals surface area contributed by atoms with Gasteiger partial charge in [0.05, 0.1) is 30.3 Å². The fourth-order valence-corrected chi connectivity index (χ4v) is 4.90. The van der Waals surface area contributed by atoms with Crippen LogP contribution in [0.25, 0.3) is 11.0 Å². The quantitative estimate of drug-likeness (QED) is 0.520. The average Bonchev–Trinajstić information content (AvgIpc) is 3.26. The van der Waals surface area contributed by atoms with Gasteiger partial charge in [-0.1, -0.05) is 18.2 Å². The molecule has 0 aliphatic carbocycles. The van der Waals surface area contributed by atoms with Crippen LogP contribution >= 0.6 is 0 Å². The lowest BCUT2D eigenvalue weighted by molar-refractivity contribution is -0.139. The molecule has 5 rings (SSSR count). The van der Waals surface area contributed by atoms with Gasteiger partial charge in [0.15, 0.2) is 0 Å². The molecule has 9 heteroatoms. The Hall–Kier alpha value is -3.30. The molecule has 36 heavy (non-hydrogen) atoms. The molecule has 0 bridgehead atoms. The summed E-state index contributed by atoms with van der Waals surface area (Å²) in [6.07, 6.45) is 5.90. The van der Waals surface area contributed by atoms with Crippen LogP contribution in [-0.2, 0) is 32.1 Å². The maximum absolute atomic E-state index is 13.2. The second-order valence-electron chi connectivity index (χ2n) is 9.62. The largest absolute Gasteiger partial charge is 0.381 e. The third kappa shape index (κ3) is 6.27. The van der Waals surface area contributed by atoms with Crippen molar-refractivity contribution in [1.82, 2.24) is 24.8 Å². The van der Waals surface area contributed by atoms with Gasteiger partial charge in [-0.05, 0) is 42.5 Å². The highest BCUT2D eigenvalue weighted by molar-refractivity contribution is 5.85. The highest BCUT2D eigenvalue weighted by atomic mass is 16.5. The zero-order valence-electron chi connectivity index (χ0n) is 20.5. The molecule has 2 fully saturated rings. The number of para-hydroxylation sites is 2. The highest BCUT2D eigenvalue weighted by Crippen LogP contribution is 2.20. The Morgan fingerprint density at radius 1 is 1.14 bits per heavy atom. The van der Waals surface area contributed by atoms with Gasteiger partial charge in [-0.15, -0.1) is 0 Å². The van der Waals surface area contributed by atoms with E-state index < -0.39 is 0 Å². The Labute approximate surface area is 210 Å². The van der Waals surface area contributed by atoms with E-state index in [-0.39, 0.29) is 30.9 Å². The van der Waals surface area contributed by atoms with Gasteiger partial charge in [0.1, 0.15) is 5.82 Å². The van der Waals surface area contributed by atoms with Crippen LogP contribution in [0.2, 0.25) is 0 Å². The van der Waals surface area contributed by atoms with Gasteiger partial charge < -0.3 is 24.3 Å². The molecule has 3 aromatic rings. The molecule has 1 atom stereocenters. The number of H-pyrrole nitrogens is 1. The summed E-state index contributed by atoms with van der Waals surface area (Å²) in [7, 11) is 0. The molecule has 1 N–H and O–H groups in total. The van der Waals surface area contributed by atoms with E-state index in [4.69, 9.17) is 9.47 Å². The summed E-state index contributed by atoms with van der Waals surface area (Å²) < 4.78 is 11.7. The van der Waals surface area contributed by atoms with E-state index >= 15 is 0 Å². The number of carbonyl (C=O) groups excluding carboxylic acids is 2. The average molecular weight is 492 g/mol. The Bertz CT molecular complexity index is 1130. The predicted octanol–water partition coefficient (Wildman–Crippen LogP) is 2.57. The van der Waals surface area contributed by atoms with Gasteiger partial charge in [0.2, 0.25) is 11.8 Å². The summed E-state index contributed by atoms with van der Waals surface area (Å²) in [5, 5.41) is 0. The summed E-state index contributed by atoms with van der Waals surface area (Å²) in [5.41, 5.74) is 2.81. The van der Waals surface area contributed by atoms with Crippen molar-refractivity contribution in [2.75, 3.05) is 39.4 Å². The number of nitrogens with zero attached hydrogens (tertiary/aromatic N) is 4. The van der Waals surface area contributed by atoms with Gasteiger partial charge in [-0.3, -0.25) is 14.6 Å². The second-order valence-corrected chi connectivity index (χ2v) is 9.62. The number of carbonyl (C=O) groups is 2. The summed E-state index contributed by atoms with van der Waals surface area (Å²) in [4.78, 5) is 42.0. The van der Waals surface area contributed by atoms with Crippen LogP contribution in [0.1, 0.15) is 30.7 Å². The van der Waals surface area contributed by atoms with Crippen molar-refractivity contribution in [3.63, 3.8) is 0 Å². The standard InChI is InChI=1S/C27H33N5O4/c33-26(8-7-25-29-23-5-1-2-6-24(23)30-25)32-17-22(36-19-21-4-3-11-28-14-21)16-31(27(34)18-32)15-20-9-12-35-13-10-20/h1-6,11,14,20,22H,7-10,12-13,15-19H2,(H,29,30)/t22-/m0/s1. The third-order valence-electron chi connectivity index (χ3n) is 6.92. The van der Waals surface area contributed by atoms with E-state index in [1.165, 1.54) is 0 Å². The van der Waals surface area contributed by atoms with Crippen molar-refractivity contribution in [3.8, 4) is 0 Å². The number of rotatable bonds is 8. The molecule has 190 valence electrons. The molecule has 2 aromatic heterocycles. The zero-order chi connectivity index (χ0) is 24.7. The van der Waals surface area contributed by atoms with Crippen LogP contribution in [0.3, 0.4) is 0 Å². The minimum atomic E-state index is -0.272. The first-order valence-electron chi connectivity index (χ1n) is 12.7. The molecule has 9 nitrogen and oxygen atoms in total. The number of fused-ring (bicyclic) bond motifs is 1. The molecule has 1 aromatic carbocycles. The second kappa shape index (κ2) is 11.6. The highest BCUT2D eigenvalue weighted by Gasteiger charge is 2.32. The monoisotopic (exact) mass is 491 g/mol. The number of imidazole rings is 1.